The van der Waals surface area contributed by atoms with E-state index in [2.05, 4.69) is 11.8 Å². The Bertz CT molecular complexity index is 782. The average molecular weight is 309 g/mol. The summed E-state index contributed by atoms with van der Waals surface area (Å²) in [7, 11) is 0. The van der Waals surface area contributed by atoms with Crippen LogP contribution in [0.1, 0.15) is 46.8 Å². The Morgan fingerprint density at radius 1 is 1.22 bits per heavy atom. The standard InChI is InChI=1S/C19H19NO3/c1-3-20-11-14-6-4-5-7-15(14)18(21)16-10-13(8-9-17(16)20)12(2)19(22)23/h4-10,12H,3,11H2,1-2H3,(H,22,23). The number of carboxylic acids is 1. The third-order valence-corrected chi connectivity index (χ3v) is 4.48. The van der Waals surface area contributed by atoms with Crippen molar-refractivity contribution < 1.29 is 14.7 Å². The average Bonchev–Trinajstić information content (AvgIpc) is 2.69. The molecule has 1 heterocycles. The van der Waals surface area contributed by atoms with Crippen LogP contribution in [0.15, 0.2) is 42.5 Å². The van der Waals surface area contributed by atoms with Gasteiger partial charge in [-0.25, -0.2) is 0 Å². The van der Waals surface area contributed by atoms with Crippen LogP contribution in [0.2, 0.25) is 0 Å². The fourth-order valence-corrected chi connectivity index (χ4v) is 3.02. The number of benzene rings is 2. The molecule has 3 rings (SSSR count). The Morgan fingerprint density at radius 3 is 2.65 bits per heavy atom. The van der Waals surface area contributed by atoms with Crippen molar-refractivity contribution in [2.45, 2.75) is 26.3 Å². The predicted octanol–water partition coefficient (Wildman–Crippen LogP) is 3.45. The lowest BCUT2D eigenvalue weighted by Gasteiger charge is -2.23. The molecule has 1 N–H and O–H groups in total. The molecule has 0 fully saturated rings. The molecule has 1 unspecified atom stereocenters. The van der Waals surface area contributed by atoms with E-state index in [1.807, 2.05) is 36.4 Å². The Kier molecular flexibility index (Phi) is 3.90. The van der Waals surface area contributed by atoms with Crippen LogP contribution in [0.5, 0.6) is 0 Å². The van der Waals surface area contributed by atoms with E-state index in [4.69, 9.17) is 0 Å². The number of nitrogens with zero attached hydrogens (tertiary/aromatic N) is 1. The van der Waals surface area contributed by atoms with Crippen molar-refractivity contribution in [3.05, 3.63) is 64.7 Å². The van der Waals surface area contributed by atoms with Crippen molar-refractivity contribution >= 4 is 17.4 Å². The predicted molar refractivity (Wildman–Crippen MR) is 89.1 cm³/mol. The van der Waals surface area contributed by atoms with Crippen molar-refractivity contribution in [2.75, 3.05) is 11.4 Å². The number of carbonyl (C=O) groups excluding carboxylic acids is 1. The summed E-state index contributed by atoms with van der Waals surface area (Å²) >= 11 is 0. The maximum atomic E-state index is 13.0. The second-order valence-corrected chi connectivity index (χ2v) is 5.84. The second-order valence-electron chi connectivity index (χ2n) is 5.84. The topological polar surface area (TPSA) is 57.6 Å². The van der Waals surface area contributed by atoms with Gasteiger partial charge in [-0.1, -0.05) is 30.3 Å². The van der Waals surface area contributed by atoms with Gasteiger partial charge in [-0.3, -0.25) is 9.59 Å². The quantitative estimate of drug-likeness (QED) is 0.943. The van der Waals surface area contributed by atoms with Crippen LogP contribution in [0, 0.1) is 0 Å². The van der Waals surface area contributed by atoms with E-state index in [0.717, 1.165) is 17.8 Å². The Morgan fingerprint density at radius 2 is 1.96 bits per heavy atom. The number of rotatable bonds is 3. The second kappa shape index (κ2) is 5.88. The smallest absolute Gasteiger partial charge is 0.310 e. The summed E-state index contributed by atoms with van der Waals surface area (Å²) in [6.07, 6.45) is 0. The molecule has 4 nitrogen and oxygen atoms in total. The molecule has 1 aliphatic rings. The number of fused-ring (bicyclic) bond motifs is 2. The van der Waals surface area contributed by atoms with Crippen LogP contribution >= 0.6 is 0 Å². The molecule has 2 aromatic carbocycles. The van der Waals surface area contributed by atoms with Crippen molar-refractivity contribution in [3.63, 3.8) is 0 Å². The van der Waals surface area contributed by atoms with Gasteiger partial charge in [0.1, 0.15) is 0 Å². The summed E-state index contributed by atoms with van der Waals surface area (Å²) < 4.78 is 0. The highest BCUT2D eigenvalue weighted by Gasteiger charge is 2.26. The van der Waals surface area contributed by atoms with Crippen molar-refractivity contribution in [2.24, 2.45) is 0 Å². The summed E-state index contributed by atoms with van der Waals surface area (Å²) in [5.41, 5.74) is 3.81. The highest BCUT2D eigenvalue weighted by atomic mass is 16.4. The van der Waals surface area contributed by atoms with E-state index in [-0.39, 0.29) is 5.78 Å². The fraction of sp³-hybridized carbons (Fsp3) is 0.263. The van der Waals surface area contributed by atoms with E-state index >= 15 is 0 Å². The molecular weight excluding hydrogens is 290 g/mol. The molecule has 2 aromatic rings. The van der Waals surface area contributed by atoms with Gasteiger partial charge in [0.05, 0.1) is 5.92 Å². The Balaban J connectivity index is 2.18. The molecule has 0 saturated carbocycles. The number of ketones is 1. The van der Waals surface area contributed by atoms with E-state index in [9.17, 15) is 14.7 Å². The maximum Gasteiger partial charge on any atom is 0.310 e. The first-order valence-electron chi connectivity index (χ1n) is 7.77. The molecule has 0 aliphatic carbocycles. The lowest BCUT2D eigenvalue weighted by atomic mass is 9.94. The zero-order chi connectivity index (χ0) is 16.6. The zero-order valence-electron chi connectivity index (χ0n) is 13.2. The van der Waals surface area contributed by atoms with E-state index < -0.39 is 11.9 Å². The molecule has 1 atom stereocenters. The van der Waals surface area contributed by atoms with Crippen LogP contribution in [-0.4, -0.2) is 23.4 Å². The summed E-state index contributed by atoms with van der Waals surface area (Å²) in [4.78, 5) is 26.3. The van der Waals surface area contributed by atoms with Crippen LogP contribution in [0.25, 0.3) is 0 Å². The van der Waals surface area contributed by atoms with Crippen molar-refractivity contribution in [1.82, 2.24) is 0 Å². The number of anilines is 1. The lowest BCUT2D eigenvalue weighted by molar-refractivity contribution is -0.138. The van der Waals surface area contributed by atoms with Crippen molar-refractivity contribution in [1.29, 1.82) is 0 Å². The number of carbonyl (C=O) groups is 2. The molecule has 4 heteroatoms. The molecule has 0 spiro atoms. The maximum absolute atomic E-state index is 13.0. The van der Waals surface area contributed by atoms with Gasteiger partial charge in [0.25, 0.3) is 0 Å². The molecule has 0 radical (unpaired) electrons. The molecule has 0 bridgehead atoms. The normalized spacial score (nSPS) is 14.7. The van der Waals surface area contributed by atoms with Crippen LogP contribution < -0.4 is 4.90 Å². The van der Waals surface area contributed by atoms with Gasteiger partial charge >= 0.3 is 5.97 Å². The summed E-state index contributed by atoms with van der Waals surface area (Å²) in [6.45, 7) is 5.15. The van der Waals surface area contributed by atoms with Gasteiger partial charge in [-0.2, -0.15) is 0 Å². The number of hydrogen-bond donors (Lipinski definition) is 1. The van der Waals surface area contributed by atoms with Gasteiger partial charge in [-0.05, 0) is 37.1 Å². The third-order valence-electron chi connectivity index (χ3n) is 4.48. The summed E-state index contributed by atoms with van der Waals surface area (Å²) in [5, 5.41) is 9.22. The molecule has 0 aromatic heterocycles. The molecular formula is C19H19NO3. The number of hydrogen-bond acceptors (Lipinski definition) is 3. The first-order chi connectivity index (χ1) is 11.0. The SMILES string of the molecule is CCN1Cc2ccccc2C(=O)c2cc(C(C)C(=O)O)ccc21. The van der Waals surface area contributed by atoms with Gasteiger partial charge in [0.15, 0.2) is 5.78 Å². The minimum absolute atomic E-state index is 0.0361. The third kappa shape index (κ3) is 2.61. The highest BCUT2D eigenvalue weighted by molar-refractivity contribution is 6.14. The summed E-state index contributed by atoms with van der Waals surface area (Å²) in [5.74, 6) is -1.56. The molecule has 1 aliphatic heterocycles. The number of aliphatic carboxylic acids is 1. The monoisotopic (exact) mass is 309 g/mol. The van der Waals surface area contributed by atoms with Gasteiger partial charge < -0.3 is 10.0 Å². The van der Waals surface area contributed by atoms with E-state index in [1.165, 1.54) is 0 Å². The van der Waals surface area contributed by atoms with E-state index in [0.29, 0.717) is 23.2 Å². The van der Waals surface area contributed by atoms with E-state index in [1.54, 1.807) is 13.0 Å². The minimum Gasteiger partial charge on any atom is -0.481 e. The van der Waals surface area contributed by atoms with Crippen LogP contribution in [0.3, 0.4) is 0 Å². The first-order valence-corrected chi connectivity index (χ1v) is 7.77. The highest BCUT2D eigenvalue weighted by Crippen LogP contribution is 2.32. The zero-order valence-corrected chi connectivity index (χ0v) is 13.2. The molecule has 118 valence electrons. The minimum atomic E-state index is -0.890. The fourth-order valence-electron chi connectivity index (χ4n) is 3.02. The van der Waals surface area contributed by atoms with Gasteiger partial charge in [0, 0.05) is 29.9 Å². The molecule has 0 saturated heterocycles. The van der Waals surface area contributed by atoms with Crippen LogP contribution in [0.4, 0.5) is 5.69 Å². The Hall–Kier alpha value is -2.62. The summed E-state index contributed by atoms with van der Waals surface area (Å²) in [6, 6.07) is 13.0. The largest absolute Gasteiger partial charge is 0.481 e. The van der Waals surface area contributed by atoms with Crippen molar-refractivity contribution in [3.8, 4) is 0 Å². The number of carboxylic acid groups (broad SMARTS) is 1. The van der Waals surface area contributed by atoms with Gasteiger partial charge in [-0.15, -0.1) is 0 Å². The lowest BCUT2D eigenvalue weighted by Crippen LogP contribution is -2.22. The molecule has 0 amide bonds. The first kappa shape index (κ1) is 15.3. The Labute approximate surface area is 135 Å². The van der Waals surface area contributed by atoms with Gasteiger partial charge in [0.2, 0.25) is 0 Å². The van der Waals surface area contributed by atoms with Crippen LogP contribution in [-0.2, 0) is 11.3 Å². The molecule has 23 heavy (non-hydrogen) atoms.